The maximum Gasteiger partial charge on any atom is 0.414 e. The average molecular weight is 302 g/mol. The lowest BCUT2D eigenvalue weighted by Crippen LogP contribution is -2.30. The molecule has 0 saturated heterocycles. The Kier molecular flexibility index (Phi) is 3.90. The number of aromatic nitrogens is 3. The molecule has 0 aliphatic rings. The molecular weight excluding hydrogens is 288 g/mol. The van der Waals surface area contributed by atoms with E-state index in [4.69, 9.17) is 13.7 Å². The van der Waals surface area contributed by atoms with Crippen LogP contribution in [0.1, 0.15) is 5.69 Å². The molecule has 0 saturated carbocycles. The van der Waals surface area contributed by atoms with Gasteiger partial charge in [-0.3, -0.25) is 0 Å². The van der Waals surface area contributed by atoms with E-state index < -0.39 is 6.09 Å². The van der Waals surface area contributed by atoms with Crippen molar-refractivity contribution in [2.45, 2.75) is 13.5 Å². The molecule has 3 rings (SSSR count). The molecule has 3 aromatic heterocycles. The molecule has 22 heavy (non-hydrogen) atoms. The molecule has 0 aliphatic carbocycles. The molecular formula is C14H14N4O4. The zero-order valence-electron chi connectivity index (χ0n) is 11.9. The minimum absolute atomic E-state index is 0.0720. The minimum Gasteiger partial charge on any atom is -0.461 e. The standard InChI is InChI=1S/C14H14N4O4/c1-10-8-15-9-18(10)5-4-16-14(19)21-13-7-12(22-17-13)11-3-2-6-20-11/h2-3,6-9H,4-5H2,1H3,(H,16,19). The van der Waals surface area contributed by atoms with Crippen molar-refractivity contribution in [3.8, 4) is 17.4 Å². The van der Waals surface area contributed by atoms with Gasteiger partial charge in [0.25, 0.3) is 5.88 Å². The minimum atomic E-state index is -0.600. The molecule has 0 aromatic carbocycles. The van der Waals surface area contributed by atoms with E-state index in [9.17, 15) is 4.79 Å². The predicted molar refractivity (Wildman–Crippen MR) is 75.2 cm³/mol. The van der Waals surface area contributed by atoms with Crippen LogP contribution < -0.4 is 10.1 Å². The fourth-order valence-electron chi connectivity index (χ4n) is 1.87. The second-order valence-electron chi connectivity index (χ2n) is 4.55. The normalized spacial score (nSPS) is 10.6. The summed E-state index contributed by atoms with van der Waals surface area (Å²) in [5.74, 6) is 0.975. The highest BCUT2D eigenvalue weighted by molar-refractivity contribution is 5.70. The highest BCUT2D eigenvalue weighted by Crippen LogP contribution is 2.23. The molecule has 114 valence electrons. The average Bonchev–Trinajstić information content (AvgIpc) is 3.21. The molecule has 0 spiro atoms. The lowest BCUT2D eigenvalue weighted by atomic mass is 10.3. The van der Waals surface area contributed by atoms with Gasteiger partial charge in [0, 0.05) is 25.0 Å². The molecule has 0 aliphatic heterocycles. The van der Waals surface area contributed by atoms with Crippen LogP contribution in [0.15, 0.2) is 45.9 Å². The number of ether oxygens (including phenoxy) is 1. The third kappa shape index (κ3) is 3.17. The molecule has 3 aromatic rings. The summed E-state index contributed by atoms with van der Waals surface area (Å²) in [5, 5.41) is 6.28. The fraction of sp³-hybridized carbons (Fsp3) is 0.214. The van der Waals surface area contributed by atoms with Crippen molar-refractivity contribution < 1.29 is 18.5 Å². The van der Waals surface area contributed by atoms with Crippen LogP contribution in [-0.4, -0.2) is 27.3 Å². The first kappa shape index (κ1) is 13.9. The van der Waals surface area contributed by atoms with Crippen LogP contribution in [0.4, 0.5) is 4.79 Å². The number of hydrogen-bond acceptors (Lipinski definition) is 6. The summed E-state index contributed by atoms with van der Waals surface area (Å²) < 4.78 is 17.1. The van der Waals surface area contributed by atoms with Gasteiger partial charge >= 0.3 is 6.09 Å². The van der Waals surface area contributed by atoms with Crippen LogP contribution in [0.5, 0.6) is 5.88 Å². The summed E-state index contributed by atoms with van der Waals surface area (Å²) in [6.07, 6.45) is 4.37. The summed E-state index contributed by atoms with van der Waals surface area (Å²) in [6.45, 7) is 2.97. The second kappa shape index (κ2) is 6.17. The van der Waals surface area contributed by atoms with E-state index in [-0.39, 0.29) is 5.88 Å². The Balaban J connectivity index is 1.49. The third-order valence-electron chi connectivity index (χ3n) is 2.99. The zero-order chi connectivity index (χ0) is 15.4. The van der Waals surface area contributed by atoms with Gasteiger partial charge in [-0.05, 0) is 24.2 Å². The summed E-state index contributed by atoms with van der Waals surface area (Å²) in [5.41, 5.74) is 1.02. The van der Waals surface area contributed by atoms with Gasteiger partial charge in [-0.1, -0.05) is 0 Å². The van der Waals surface area contributed by atoms with Crippen LogP contribution in [-0.2, 0) is 6.54 Å². The van der Waals surface area contributed by atoms with E-state index in [0.717, 1.165) is 5.69 Å². The highest BCUT2D eigenvalue weighted by Gasteiger charge is 2.12. The predicted octanol–water partition coefficient (Wildman–Crippen LogP) is 2.23. The lowest BCUT2D eigenvalue weighted by molar-refractivity contribution is 0.195. The summed E-state index contributed by atoms with van der Waals surface area (Å²) in [6, 6.07) is 4.93. The van der Waals surface area contributed by atoms with Crippen molar-refractivity contribution in [1.29, 1.82) is 0 Å². The van der Waals surface area contributed by atoms with Crippen LogP contribution in [0.2, 0.25) is 0 Å². The van der Waals surface area contributed by atoms with Crippen LogP contribution in [0, 0.1) is 6.92 Å². The maximum atomic E-state index is 11.7. The van der Waals surface area contributed by atoms with Gasteiger partial charge in [-0.15, -0.1) is 0 Å². The number of carbonyl (C=O) groups is 1. The number of carbonyl (C=O) groups excluding carboxylic acids is 1. The van der Waals surface area contributed by atoms with Crippen molar-refractivity contribution in [2.24, 2.45) is 0 Å². The fourth-order valence-corrected chi connectivity index (χ4v) is 1.87. The van der Waals surface area contributed by atoms with Gasteiger partial charge in [-0.25, -0.2) is 9.78 Å². The molecule has 8 nitrogen and oxygen atoms in total. The van der Waals surface area contributed by atoms with Crippen molar-refractivity contribution in [3.63, 3.8) is 0 Å². The van der Waals surface area contributed by atoms with Crippen molar-refractivity contribution >= 4 is 6.09 Å². The summed E-state index contributed by atoms with van der Waals surface area (Å²) in [4.78, 5) is 15.7. The summed E-state index contributed by atoms with van der Waals surface area (Å²) in [7, 11) is 0. The topological polar surface area (TPSA) is 95.3 Å². The van der Waals surface area contributed by atoms with E-state index in [1.54, 1.807) is 24.7 Å². The first-order valence-electron chi connectivity index (χ1n) is 6.65. The zero-order valence-corrected chi connectivity index (χ0v) is 11.9. The van der Waals surface area contributed by atoms with E-state index >= 15 is 0 Å². The van der Waals surface area contributed by atoms with Gasteiger partial charge in [0.15, 0.2) is 5.76 Å². The number of aryl methyl sites for hydroxylation is 1. The lowest BCUT2D eigenvalue weighted by Gasteiger charge is -2.06. The van der Waals surface area contributed by atoms with E-state index in [1.807, 2.05) is 11.5 Å². The molecule has 0 fully saturated rings. The monoisotopic (exact) mass is 302 g/mol. The molecule has 0 radical (unpaired) electrons. The number of furan rings is 1. The molecule has 1 N–H and O–H groups in total. The molecule has 0 bridgehead atoms. The maximum absolute atomic E-state index is 11.7. The van der Waals surface area contributed by atoms with E-state index in [0.29, 0.717) is 24.6 Å². The van der Waals surface area contributed by atoms with Crippen molar-refractivity contribution in [1.82, 2.24) is 20.0 Å². The molecule has 8 heteroatoms. The van der Waals surface area contributed by atoms with E-state index in [2.05, 4.69) is 15.5 Å². The van der Waals surface area contributed by atoms with Crippen molar-refractivity contribution in [3.05, 3.63) is 42.7 Å². The van der Waals surface area contributed by atoms with E-state index in [1.165, 1.54) is 12.3 Å². The van der Waals surface area contributed by atoms with Gasteiger partial charge < -0.3 is 23.6 Å². The Morgan fingerprint density at radius 2 is 2.36 bits per heavy atom. The first-order chi connectivity index (χ1) is 10.7. The molecule has 3 heterocycles. The SMILES string of the molecule is Cc1cncn1CCNC(=O)Oc1cc(-c2ccco2)on1. The molecule has 0 atom stereocenters. The second-order valence-corrected chi connectivity index (χ2v) is 4.55. The third-order valence-corrected chi connectivity index (χ3v) is 2.99. The van der Waals surface area contributed by atoms with Crippen LogP contribution in [0.25, 0.3) is 11.5 Å². The van der Waals surface area contributed by atoms with Gasteiger partial charge in [0.1, 0.15) is 0 Å². The Morgan fingerprint density at radius 3 is 3.09 bits per heavy atom. The number of imidazole rings is 1. The number of nitrogens with zero attached hydrogens (tertiary/aromatic N) is 3. The Labute approximate surface area is 125 Å². The van der Waals surface area contributed by atoms with Crippen LogP contribution in [0.3, 0.4) is 0 Å². The number of amides is 1. The molecule has 1 amide bonds. The van der Waals surface area contributed by atoms with Gasteiger partial charge in [0.05, 0.1) is 18.7 Å². The van der Waals surface area contributed by atoms with Crippen LogP contribution >= 0.6 is 0 Å². The van der Waals surface area contributed by atoms with Crippen molar-refractivity contribution in [2.75, 3.05) is 6.54 Å². The highest BCUT2D eigenvalue weighted by atomic mass is 16.6. The number of nitrogens with one attached hydrogen (secondary N) is 1. The smallest absolute Gasteiger partial charge is 0.414 e. The molecule has 0 unspecified atom stereocenters. The first-order valence-corrected chi connectivity index (χ1v) is 6.65. The van der Waals surface area contributed by atoms with Gasteiger partial charge in [0.2, 0.25) is 5.76 Å². The number of rotatable bonds is 5. The Bertz CT molecular complexity index is 745. The van der Waals surface area contributed by atoms with Gasteiger partial charge in [-0.2, -0.15) is 0 Å². The quantitative estimate of drug-likeness (QED) is 0.776. The summed E-state index contributed by atoms with van der Waals surface area (Å²) >= 11 is 0. The number of hydrogen-bond donors (Lipinski definition) is 1. The Hall–Kier alpha value is -3.03. The Morgan fingerprint density at radius 1 is 1.45 bits per heavy atom. The largest absolute Gasteiger partial charge is 0.461 e.